The smallest absolute Gasteiger partial charge is 0.344 e. The van der Waals surface area contributed by atoms with Crippen molar-refractivity contribution >= 4 is 50.6 Å². The Kier molecular flexibility index (Phi) is 8.79. The average molecular weight is 579 g/mol. The third-order valence-corrected chi connectivity index (χ3v) is 5.61. The molecule has 0 saturated carbocycles. The third-order valence-electron chi connectivity index (χ3n) is 4.83. The molecule has 0 spiro atoms. The highest BCUT2D eigenvalue weighted by atomic mass is 79.9. The topological polar surface area (TPSA) is 92.0 Å². The summed E-state index contributed by atoms with van der Waals surface area (Å²) in [5, 5.41) is 5.14. The second-order valence-corrected chi connectivity index (χ2v) is 10.6. The standard InChI is InChI=1S/C26H29BrClN3O5/c1-7-34-21-11-16(10-19(28)23(21)35-14-22(32)36-15(2)3)13-29-31-24(33)18-12-17(27)8-9-20(18)30-25(31)26(4,5)6/h8-13,15H,7,14H2,1-6H3. The van der Waals surface area contributed by atoms with Crippen molar-refractivity contribution < 1.29 is 19.0 Å². The van der Waals surface area contributed by atoms with Crippen molar-refractivity contribution in [1.82, 2.24) is 9.66 Å². The zero-order valence-corrected chi connectivity index (χ0v) is 23.4. The van der Waals surface area contributed by atoms with Gasteiger partial charge in [-0.2, -0.15) is 9.78 Å². The van der Waals surface area contributed by atoms with Crippen LogP contribution in [0, 0.1) is 0 Å². The Morgan fingerprint density at radius 2 is 1.94 bits per heavy atom. The molecule has 10 heteroatoms. The highest BCUT2D eigenvalue weighted by Crippen LogP contribution is 2.36. The number of rotatable bonds is 8. The van der Waals surface area contributed by atoms with Crippen LogP contribution >= 0.6 is 27.5 Å². The summed E-state index contributed by atoms with van der Waals surface area (Å²) in [7, 11) is 0. The van der Waals surface area contributed by atoms with Gasteiger partial charge in [-0.15, -0.1) is 0 Å². The molecule has 2 aromatic carbocycles. The number of nitrogens with zero attached hydrogens (tertiary/aromatic N) is 3. The lowest BCUT2D eigenvalue weighted by Gasteiger charge is -2.21. The van der Waals surface area contributed by atoms with Gasteiger partial charge in [0.25, 0.3) is 5.56 Å². The number of benzene rings is 2. The van der Waals surface area contributed by atoms with E-state index in [1.54, 1.807) is 38.1 Å². The summed E-state index contributed by atoms with van der Waals surface area (Å²) < 4.78 is 18.5. The second-order valence-electron chi connectivity index (χ2n) is 9.30. The molecule has 1 heterocycles. The summed E-state index contributed by atoms with van der Waals surface area (Å²) in [6, 6.07) is 8.66. The van der Waals surface area contributed by atoms with Gasteiger partial charge in [0.1, 0.15) is 5.82 Å². The van der Waals surface area contributed by atoms with Gasteiger partial charge in [0, 0.05) is 9.89 Å². The van der Waals surface area contributed by atoms with E-state index >= 15 is 0 Å². The molecule has 192 valence electrons. The summed E-state index contributed by atoms with van der Waals surface area (Å²) >= 11 is 9.88. The highest BCUT2D eigenvalue weighted by molar-refractivity contribution is 9.10. The maximum absolute atomic E-state index is 13.4. The van der Waals surface area contributed by atoms with Gasteiger partial charge in [-0.25, -0.2) is 9.78 Å². The molecule has 0 amide bonds. The van der Waals surface area contributed by atoms with Gasteiger partial charge in [0.2, 0.25) is 0 Å². The van der Waals surface area contributed by atoms with Crippen molar-refractivity contribution in [3.63, 3.8) is 0 Å². The van der Waals surface area contributed by atoms with Crippen molar-refractivity contribution in [3.05, 3.63) is 61.6 Å². The quantitative estimate of drug-likeness (QED) is 0.251. The van der Waals surface area contributed by atoms with Crippen LogP contribution in [0.1, 0.15) is 52.9 Å². The number of fused-ring (bicyclic) bond motifs is 1. The number of esters is 1. The summed E-state index contributed by atoms with van der Waals surface area (Å²) in [6.07, 6.45) is 1.25. The average Bonchev–Trinajstić information content (AvgIpc) is 2.77. The molecule has 0 unspecified atom stereocenters. The van der Waals surface area contributed by atoms with E-state index in [1.807, 2.05) is 33.8 Å². The van der Waals surface area contributed by atoms with Gasteiger partial charge in [-0.3, -0.25) is 4.79 Å². The van der Waals surface area contributed by atoms with Crippen LogP contribution in [0.2, 0.25) is 5.02 Å². The number of aromatic nitrogens is 2. The first kappa shape index (κ1) is 27.7. The zero-order chi connectivity index (χ0) is 26.6. The summed E-state index contributed by atoms with van der Waals surface area (Å²) in [5.41, 5.74) is 0.427. The first-order chi connectivity index (χ1) is 16.9. The van der Waals surface area contributed by atoms with Crippen molar-refractivity contribution in [1.29, 1.82) is 0 Å². The first-order valence-electron chi connectivity index (χ1n) is 11.5. The molecule has 0 radical (unpaired) electrons. The first-order valence-corrected chi connectivity index (χ1v) is 12.6. The fourth-order valence-electron chi connectivity index (χ4n) is 3.36. The van der Waals surface area contributed by atoms with Gasteiger partial charge >= 0.3 is 5.97 Å². The minimum absolute atomic E-state index is 0.223. The van der Waals surface area contributed by atoms with E-state index < -0.39 is 11.4 Å². The molecule has 0 bridgehead atoms. The van der Waals surface area contributed by atoms with Crippen LogP contribution in [-0.2, 0) is 14.9 Å². The van der Waals surface area contributed by atoms with Crippen LogP contribution < -0.4 is 15.0 Å². The van der Waals surface area contributed by atoms with Gasteiger partial charge in [0.15, 0.2) is 18.1 Å². The van der Waals surface area contributed by atoms with Crippen molar-refractivity contribution in [2.45, 2.75) is 53.1 Å². The van der Waals surface area contributed by atoms with Gasteiger partial charge in [-0.05, 0) is 56.7 Å². The minimum Gasteiger partial charge on any atom is -0.490 e. The van der Waals surface area contributed by atoms with Crippen molar-refractivity contribution in [2.75, 3.05) is 13.2 Å². The van der Waals surface area contributed by atoms with E-state index in [2.05, 4.69) is 21.0 Å². The highest BCUT2D eigenvalue weighted by Gasteiger charge is 2.23. The van der Waals surface area contributed by atoms with Crippen LogP contribution in [0.3, 0.4) is 0 Å². The van der Waals surface area contributed by atoms with Crippen LogP contribution in [0.4, 0.5) is 0 Å². The molecular formula is C26H29BrClN3O5. The Morgan fingerprint density at radius 3 is 2.58 bits per heavy atom. The number of hydrogen-bond donors (Lipinski definition) is 0. The maximum atomic E-state index is 13.4. The number of hydrogen-bond acceptors (Lipinski definition) is 7. The third kappa shape index (κ3) is 6.64. The molecule has 8 nitrogen and oxygen atoms in total. The normalized spacial score (nSPS) is 11.9. The van der Waals surface area contributed by atoms with Crippen LogP contribution in [0.25, 0.3) is 10.9 Å². The van der Waals surface area contributed by atoms with E-state index in [0.717, 1.165) is 4.47 Å². The molecule has 0 aliphatic carbocycles. The van der Waals surface area contributed by atoms with E-state index in [0.29, 0.717) is 34.6 Å². The lowest BCUT2D eigenvalue weighted by atomic mass is 9.95. The van der Waals surface area contributed by atoms with Crippen molar-refractivity contribution in [2.24, 2.45) is 5.10 Å². The maximum Gasteiger partial charge on any atom is 0.344 e. The molecule has 0 aliphatic rings. The molecule has 1 aromatic heterocycles. The molecule has 0 N–H and O–H groups in total. The lowest BCUT2D eigenvalue weighted by Crippen LogP contribution is -2.29. The van der Waals surface area contributed by atoms with Gasteiger partial charge < -0.3 is 14.2 Å². The Morgan fingerprint density at radius 1 is 1.22 bits per heavy atom. The summed E-state index contributed by atoms with van der Waals surface area (Å²) in [6.45, 7) is 11.3. The van der Waals surface area contributed by atoms with Gasteiger partial charge in [-0.1, -0.05) is 48.3 Å². The Labute approximate surface area is 223 Å². The molecular weight excluding hydrogens is 550 g/mol. The Balaban J connectivity index is 2.03. The predicted molar refractivity (Wildman–Crippen MR) is 145 cm³/mol. The Hall–Kier alpha value is -2.91. The fourth-order valence-corrected chi connectivity index (χ4v) is 3.99. The van der Waals surface area contributed by atoms with Gasteiger partial charge in [0.05, 0.1) is 34.9 Å². The van der Waals surface area contributed by atoms with E-state index in [1.165, 1.54) is 10.9 Å². The second kappa shape index (κ2) is 11.4. The Bertz CT molecular complexity index is 1360. The minimum atomic E-state index is -0.515. The number of halogens is 2. The molecule has 3 aromatic rings. The largest absolute Gasteiger partial charge is 0.490 e. The van der Waals surface area contributed by atoms with E-state index in [-0.39, 0.29) is 29.0 Å². The van der Waals surface area contributed by atoms with E-state index in [4.69, 9.17) is 30.8 Å². The molecule has 36 heavy (non-hydrogen) atoms. The van der Waals surface area contributed by atoms with Crippen LogP contribution in [-0.4, -0.2) is 41.2 Å². The number of carbonyl (C=O) groups is 1. The molecule has 0 atom stereocenters. The molecule has 3 rings (SSSR count). The SMILES string of the molecule is CCOc1cc(C=Nn2c(C(C)(C)C)nc3ccc(Br)cc3c2=O)cc(Cl)c1OCC(=O)OC(C)C. The molecule has 0 fully saturated rings. The molecule has 0 aliphatic heterocycles. The summed E-state index contributed by atoms with van der Waals surface area (Å²) in [4.78, 5) is 30.0. The number of ether oxygens (including phenoxy) is 3. The summed E-state index contributed by atoms with van der Waals surface area (Å²) in [5.74, 6) is 0.561. The fraction of sp³-hybridized carbons (Fsp3) is 0.385. The van der Waals surface area contributed by atoms with Crippen LogP contribution in [0.5, 0.6) is 11.5 Å². The van der Waals surface area contributed by atoms with Crippen LogP contribution in [0.15, 0.2) is 44.7 Å². The predicted octanol–water partition coefficient (Wildman–Crippen LogP) is 5.72. The van der Waals surface area contributed by atoms with E-state index in [9.17, 15) is 9.59 Å². The zero-order valence-electron chi connectivity index (χ0n) is 21.1. The monoisotopic (exact) mass is 577 g/mol. The molecule has 0 saturated heterocycles. The number of carbonyl (C=O) groups excluding carboxylic acids is 1. The van der Waals surface area contributed by atoms with Crippen molar-refractivity contribution in [3.8, 4) is 11.5 Å². The lowest BCUT2D eigenvalue weighted by molar-refractivity contribution is -0.149.